The Morgan fingerprint density at radius 1 is 1.13 bits per heavy atom. The van der Waals surface area contributed by atoms with Crippen molar-refractivity contribution < 1.29 is 20.1 Å². The van der Waals surface area contributed by atoms with Gasteiger partial charge in [-0.05, 0) is 74.5 Å². The number of carboxylic acid groups (broad SMARTS) is 1. The van der Waals surface area contributed by atoms with Crippen LogP contribution in [0.25, 0.3) is 0 Å². The zero-order valence-corrected chi connectivity index (χ0v) is 19.6. The number of hydrogen-bond donors (Lipinski definition) is 3. The molecule has 4 unspecified atom stereocenters. The molecule has 2 aliphatic carbocycles. The molecule has 3 N–H and O–H groups in total. The zero-order chi connectivity index (χ0) is 22.3. The van der Waals surface area contributed by atoms with Crippen molar-refractivity contribution in [1.82, 2.24) is 4.90 Å². The van der Waals surface area contributed by atoms with Crippen molar-refractivity contribution in [2.24, 2.45) is 35.5 Å². The molecule has 5 nitrogen and oxygen atoms in total. The van der Waals surface area contributed by atoms with Crippen LogP contribution in [0.15, 0.2) is 12.2 Å². The first-order valence-electron chi connectivity index (χ1n) is 12.9. The molecular formula is C26H43NO4. The molecule has 0 radical (unpaired) electrons. The molecule has 0 bridgehead atoms. The molecule has 2 heterocycles. The summed E-state index contributed by atoms with van der Waals surface area (Å²) in [5, 5.41) is 31.6. The largest absolute Gasteiger partial charge is 0.480 e. The molecule has 2 saturated carbocycles. The van der Waals surface area contributed by atoms with E-state index in [0.29, 0.717) is 30.2 Å². The predicted molar refractivity (Wildman–Crippen MR) is 122 cm³/mol. The van der Waals surface area contributed by atoms with Gasteiger partial charge in [0.25, 0.3) is 0 Å². The molecule has 2 aliphatic heterocycles. The smallest absolute Gasteiger partial charge is 0.320 e. The maximum absolute atomic E-state index is 11.8. The molecule has 0 aromatic heterocycles. The minimum atomic E-state index is -0.712. The Hall–Kier alpha value is -0.910. The van der Waals surface area contributed by atoms with Crippen LogP contribution < -0.4 is 0 Å². The van der Waals surface area contributed by atoms with Gasteiger partial charge in [0.15, 0.2) is 0 Å². The van der Waals surface area contributed by atoms with Gasteiger partial charge >= 0.3 is 5.97 Å². The quantitative estimate of drug-likeness (QED) is 0.550. The zero-order valence-electron chi connectivity index (χ0n) is 19.6. The van der Waals surface area contributed by atoms with E-state index in [1.54, 1.807) is 0 Å². The Bertz CT molecular complexity index is 654. The van der Waals surface area contributed by atoms with E-state index in [1.807, 2.05) is 6.08 Å². The number of hydrogen-bond acceptors (Lipinski definition) is 4. The van der Waals surface area contributed by atoms with Crippen LogP contribution in [0.2, 0.25) is 0 Å². The van der Waals surface area contributed by atoms with Crippen molar-refractivity contribution in [2.75, 3.05) is 0 Å². The molecule has 9 atom stereocenters. The van der Waals surface area contributed by atoms with Crippen molar-refractivity contribution in [3.8, 4) is 0 Å². The van der Waals surface area contributed by atoms with E-state index in [2.05, 4.69) is 31.7 Å². The van der Waals surface area contributed by atoms with E-state index in [1.165, 1.54) is 25.7 Å². The number of nitrogens with zero attached hydrogens (tertiary/aromatic N) is 1. The van der Waals surface area contributed by atoms with Crippen LogP contribution in [0.5, 0.6) is 0 Å². The molecule has 0 aromatic rings. The lowest BCUT2D eigenvalue weighted by Gasteiger charge is -2.41. The SMILES string of the molecule is CCCC1CC(C)C([C@@H](O)/C=C/[C@@H]2[C@H]3CC4CCCC(C(=O)O)N4[C@@H]3C[C@H]2O)C(C)C1. The summed E-state index contributed by atoms with van der Waals surface area (Å²) in [6.07, 6.45) is 12.5. The standard InChI is InChI=1S/C26H43NO4/c1-4-6-17-11-15(2)25(16(3)12-17)23(28)10-9-19-20-13-18-7-5-8-21(26(30)31)27(18)22(20)14-24(19)29/h9-10,15-25,28-29H,4-8,11-14H2,1-3H3,(H,30,31)/b10-9+/t15?,16?,17?,18?,19-,20-,21?,22-,23+,24-,25?/m1/s1. The second kappa shape index (κ2) is 9.52. The monoisotopic (exact) mass is 433 g/mol. The van der Waals surface area contributed by atoms with E-state index in [-0.39, 0.29) is 17.9 Å². The lowest BCUT2D eigenvalue weighted by molar-refractivity contribution is -0.146. The molecule has 4 rings (SSSR count). The second-order valence-electron chi connectivity index (χ2n) is 11.3. The maximum Gasteiger partial charge on any atom is 0.320 e. The number of aliphatic hydroxyl groups is 2. The molecule has 4 aliphatic rings. The molecule has 0 amide bonds. The third-order valence-corrected chi connectivity index (χ3v) is 9.27. The van der Waals surface area contributed by atoms with E-state index in [0.717, 1.165) is 31.6 Å². The van der Waals surface area contributed by atoms with Gasteiger partial charge in [0.1, 0.15) is 6.04 Å². The Labute approximate surface area is 187 Å². The van der Waals surface area contributed by atoms with Gasteiger partial charge in [-0.2, -0.15) is 0 Å². The fourth-order valence-electron chi connectivity index (χ4n) is 8.17. The first-order valence-corrected chi connectivity index (χ1v) is 12.9. The van der Waals surface area contributed by atoms with Crippen molar-refractivity contribution in [2.45, 2.75) is 109 Å². The van der Waals surface area contributed by atoms with Crippen molar-refractivity contribution in [1.29, 1.82) is 0 Å². The number of carboxylic acids is 1. The van der Waals surface area contributed by atoms with E-state index < -0.39 is 24.2 Å². The minimum absolute atomic E-state index is 0.0294. The van der Waals surface area contributed by atoms with Crippen LogP contribution in [0, 0.1) is 35.5 Å². The number of carbonyl (C=O) groups is 1. The summed E-state index contributed by atoms with van der Waals surface area (Å²) in [5.41, 5.74) is 0. The van der Waals surface area contributed by atoms with Crippen molar-refractivity contribution >= 4 is 5.97 Å². The summed E-state index contributed by atoms with van der Waals surface area (Å²) in [6, 6.07) is 0.108. The molecule has 4 fully saturated rings. The van der Waals surface area contributed by atoms with Crippen LogP contribution in [-0.4, -0.2) is 56.5 Å². The van der Waals surface area contributed by atoms with E-state index in [4.69, 9.17) is 0 Å². The summed E-state index contributed by atoms with van der Waals surface area (Å²) in [4.78, 5) is 14.0. The fraction of sp³-hybridized carbons (Fsp3) is 0.885. The lowest BCUT2D eigenvalue weighted by atomic mass is 9.66. The third-order valence-electron chi connectivity index (χ3n) is 9.27. The van der Waals surface area contributed by atoms with Gasteiger partial charge in [0.05, 0.1) is 12.2 Å². The summed E-state index contributed by atoms with van der Waals surface area (Å²) < 4.78 is 0. The highest BCUT2D eigenvalue weighted by atomic mass is 16.4. The molecular weight excluding hydrogens is 390 g/mol. The predicted octanol–water partition coefficient (Wildman–Crippen LogP) is 4.08. The maximum atomic E-state index is 11.8. The summed E-state index contributed by atoms with van der Waals surface area (Å²) in [6.45, 7) is 6.84. The highest BCUT2D eigenvalue weighted by Gasteiger charge is 2.55. The molecule has 5 heteroatoms. The molecule has 176 valence electrons. The van der Waals surface area contributed by atoms with E-state index >= 15 is 0 Å². The number of piperidine rings is 1. The van der Waals surface area contributed by atoms with E-state index in [9.17, 15) is 20.1 Å². The van der Waals surface area contributed by atoms with Gasteiger partial charge in [0.2, 0.25) is 0 Å². The van der Waals surface area contributed by atoms with Crippen LogP contribution in [0.1, 0.15) is 78.6 Å². The van der Waals surface area contributed by atoms with Crippen LogP contribution in [0.4, 0.5) is 0 Å². The second-order valence-corrected chi connectivity index (χ2v) is 11.3. The van der Waals surface area contributed by atoms with Gasteiger partial charge in [-0.3, -0.25) is 9.69 Å². The van der Waals surface area contributed by atoms with Crippen molar-refractivity contribution in [3.63, 3.8) is 0 Å². The molecule has 2 saturated heterocycles. The first-order chi connectivity index (χ1) is 14.8. The summed E-state index contributed by atoms with van der Waals surface area (Å²) in [5.74, 6) is 1.72. The molecule has 0 aromatic carbocycles. The Morgan fingerprint density at radius 2 is 1.84 bits per heavy atom. The first kappa shape index (κ1) is 23.3. The average molecular weight is 434 g/mol. The molecule has 31 heavy (non-hydrogen) atoms. The Kier molecular flexibility index (Phi) is 7.15. The van der Waals surface area contributed by atoms with Gasteiger partial charge < -0.3 is 15.3 Å². The third kappa shape index (κ3) is 4.47. The minimum Gasteiger partial charge on any atom is -0.480 e. The fourth-order valence-corrected chi connectivity index (χ4v) is 8.17. The topological polar surface area (TPSA) is 81.0 Å². The van der Waals surface area contributed by atoms with Gasteiger partial charge in [-0.1, -0.05) is 45.8 Å². The number of aliphatic hydroxyl groups excluding tert-OH is 2. The van der Waals surface area contributed by atoms with Gasteiger partial charge in [-0.15, -0.1) is 0 Å². The normalized spacial score (nSPS) is 46.7. The van der Waals surface area contributed by atoms with Crippen LogP contribution in [0.3, 0.4) is 0 Å². The van der Waals surface area contributed by atoms with Crippen molar-refractivity contribution in [3.05, 3.63) is 12.2 Å². The summed E-state index contributed by atoms with van der Waals surface area (Å²) in [7, 11) is 0. The number of rotatable bonds is 6. The Morgan fingerprint density at radius 3 is 2.48 bits per heavy atom. The van der Waals surface area contributed by atoms with Crippen LogP contribution in [-0.2, 0) is 4.79 Å². The Balaban J connectivity index is 1.43. The average Bonchev–Trinajstić information content (AvgIpc) is 3.20. The highest BCUT2D eigenvalue weighted by Crippen LogP contribution is 2.50. The number of fused-ring (bicyclic) bond motifs is 3. The highest BCUT2D eigenvalue weighted by molar-refractivity contribution is 5.73. The number of aliphatic carboxylic acids is 1. The van der Waals surface area contributed by atoms with Gasteiger partial charge in [0, 0.05) is 18.0 Å². The summed E-state index contributed by atoms with van der Waals surface area (Å²) >= 11 is 0. The van der Waals surface area contributed by atoms with Crippen LogP contribution >= 0.6 is 0 Å². The lowest BCUT2D eigenvalue weighted by Crippen LogP contribution is -2.51. The van der Waals surface area contributed by atoms with Gasteiger partial charge in [-0.25, -0.2) is 0 Å². The molecule has 0 spiro atoms.